The zero-order valence-electron chi connectivity index (χ0n) is 15.7. The summed E-state index contributed by atoms with van der Waals surface area (Å²) in [6.45, 7) is 2.43. The third kappa shape index (κ3) is 5.26. The Bertz CT molecular complexity index is 942. The molecule has 0 atom stereocenters. The summed E-state index contributed by atoms with van der Waals surface area (Å²) in [5, 5.41) is 6.61. The van der Waals surface area contributed by atoms with E-state index in [0.717, 1.165) is 12.8 Å². The Kier molecular flexibility index (Phi) is 6.25. The normalized spacial score (nSPS) is 13.5. The SMILES string of the molecule is CCOc1ccc(NS(=O)(=O)c2ccc(OC)c(NC(=S)NC3CC3)c2)cc1. The van der Waals surface area contributed by atoms with Crippen LogP contribution in [0.3, 0.4) is 0 Å². The minimum absolute atomic E-state index is 0.0962. The lowest BCUT2D eigenvalue weighted by Crippen LogP contribution is -2.30. The van der Waals surface area contributed by atoms with Gasteiger partial charge < -0.3 is 20.1 Å². The van der Waals surface area contributed by atoms with Gasteiger partial charge in [0.1, 0.15) is 11.5 Å². The van der Waals surface area contributed by atoms with Crippen LogP contribution in [0.25, 0.3) is 0 Å². The Hall–Kier alpha value is -2.52. The summed E-state index contributed by atoms with van der Waals surface area (Å²) in [6.07, 6.45) is 2.17. The molecule has 28 heavy (non-hydrogen) atoms. The molecule has 150 valence electrons. The molecule has 2 aromatic carbocycles. The molecule has 0 radical (unpaired) electrons. The van der Waals surface area contributed by atoms with Gasteiger partial charge in [-0.2, -0.15) is 0 Å². The molecule has 0 saturated heterocycles. The van der Waals surface area contributed by atoms with E-state index in [1.807, 2.05) is 6.92 Å². The van der Waals surface area contributed by atoms with E-state index < -0.39 is 10.0 Å². The number of methoxy groups -OCH3 is 1. The van der Waals surface area contributed by atoms with E-state index in [4.69, 9.17) is 21.7 Å². The van der Waals surface area contributed by atoms with Crippen molar-refractivity contribution in [2.24, 2.45) is 0 Å². The maximum Gasteiger partial charge on any atom is 0.261 e. The molecular weight excluding hydrogens is 398 g/mol. The Labute approximate surface area is 170 Å². The summed E-state index contributed by atoms with van der Waals surface area (Å²) in [7, 11) is -2.26. The first-order valence-corrected chi connectivity index (χ1v) is 10.8. The van der Waals surface area contributed by atoms with Gasteiger partial charge in [0.25, 0.3) is 10.0 Å². The predicted octanol–water partition coefficient (Wildman–Crippen LogP) is 3.34. The fourth-order valence-electron chi connectivity index (χ4n) is 2.52. The van der Waals surface area contributed by atoms with Gasteiger partial charge in [-0.1, -0.05) is 0 Å². The van der Waals surface area contributed by atoms with Gasteiger partial charge in [-0.05, 0) is 74.4 Å². The van der Waals surface area contributed by atoms with Crippen molar-refractivity contribution in [3.63, 3.8) is 0 Å². The highest BCUT2D eigenvalue weighted by Gasteiger charge is 2.23. The second kappa shape index (κ2) is 8.66. The van der Waals surface area contributed by atoms with Gasteiger partial charge >= 0.3 is 0 Å². The van der Waals surface area contributed by atoms with Crippen molar-refractivity contribution in [1.29, 1.82) is 0 Å². The first-order valence-electron chi connectivity index (χ1n) is 8.92. The molecule has 2 aromatic rings. The van der Waals surface area contributed by atoms with Gasteiger partial charge in [0.05, 0.1) is 24.3 Å². The van der Waals surface area contributed by atoms with E-state index in [9.17, 15) is 8.42 Å². The molecule has 1 saturated carbocycles. The number of ether oxygens (including phenoxy) is 2. The van der Waals surface area contributed by atoms with Crippen LogP contribution in [0.5, 0.6) is 11.5 Å². The third-order valence-corrected chi connectivity index (χ3v) is 5.66. The molecule has 9 heteroatoms. The summed E-state index contributed by atoms with van der Waals surface area (Å²) in [4.78, 5) is 0.0962. The molecule has 1 aliphatic rings. The van der Waals surface area contributed by atoms with Crippen molar-refractivity contribution in [3.8, 4) is 11.5 Å². The van der Waals surface area contributed by atoms with Crippen LogP contribution in [0.4, 0.5) is 11.4 Å². The van der Waals surface area contributed by atoms with E-state index in [-0.39, 0.29) is 4.90 Å². The highest BCUT2D eigenvalue weighted by molar-refractivity contribution is 7.92. The molecule has 0 bridgehead atoms. The zero-order valence-corrected chi connectivity index (χ0v) is 17.3. The molecule has 0 spiro atoms. The number of hydrogen-bond acceptors (Lipinski definition) is 5. The van der Waals surface area contributed by atoms with Gasteiger partial charge in [-0.15, -0.1) is 0 Å². The summed E-state index contributed by atoms with van der Waals surface area (Å²) < 4.78 is 38.8. The van der Waals surface area contributed by atoms with Gasteiger partial charge in [0, 0.05) is 11.7 Å². The number of rotatable bonds is 8. The first kappa shape index (κ1) is 20.2. The fourth-order valence-corrected chi connectivity index (χ4v) is 3.88. The Morgan fingerprint density at radius 2 is 1.89 bits per heavy atom. The lowest BCUT2D eigenvalue weighted by molar-refractivity contribution is 0.340. The molecule has 1 aliphatic carbocycles. The zero-order chi connectivity index (χ0) is 20.1. The number of sulfonamides is 1. The van der Waals surface area contributed by atoms with E-state index in [1.165, 1.54) is 19.2 Å². The summed E-state index contributed by atoms with van der Waals surface area (Å²) in [5.41, 5.74) is 0.926. The number of nitrogens with one attached hydrogen (secondary N) is 3. The molecule has 7 nitrogen and oxygen atoms in total. The highest BCUT2D eigenvalue weighted by Crippen LogP contribution is 2.29. The minimum Gasteiger partial charge on any atom is -0.495 e. The maximum absolute atomic E-state index is 12.8. The van der Waals surface area contributed by atoms with Crippen molar-refractivity contribution in [2.45, 2.75) is 30.7 Å². The van der Waals surface area contributed by atoms with E-state index in [0.29, 0.717) is 40.6 Å². The topological polar surface area (TPSA) is 88.7 Å². The average molecular weight is 422 g/mol. The molecule has 0 unspecified atom stereocenters. The molecule has 0 aromatic heterocycles. The first-order chi connectivity index (χ1) is 13.4. The van der Waals surface area contributed by atoms with E-state index >= 15 is 0 Å². The van der Waals surface area contributed by atoms with Crippen molar-refractivity contribution in [3.05, 3.63) is 42.5 Å². The van der Waals surface area contributed by atoms with Gasteiger partial charge in [-0.25, -0.2) is 8.42 Å². The van der Waals surface area contributed by atoms with Crippen LogP contribution in [0, 0.1) is 0 Å². The number of anilines is 2. The van der Waals surface area contributed by atoms with E-state index in [2.05, 4.69) is 15.4 Å². The molecule has 3 N–H and O–H groups in total. The van der Waals surface area contributed by atoms with Crippen LogP contribution < -0.4 is 24.8 Å². The molecule has 1 fully saturated rings. The maximum atomic E-state index is 12.8. The predicted molar refractivity (Wildman–Crippen MR) is 114 cm³/mol. The second-order valence-corrected chi connectivity index (χ2v) is 8.39. The quantitative estimate of drug-likeness (QED) is 0.563. The summed E-state index contributed by atoms with van der Waals surface area (Å²) in [6, 6.07) is 11.7. The number of hydrogen-bond donors (Lipinski definition) is 3. The lowest BCUT2D eigenvalue weighted by Gasteiger charge is -2.15. The molecule has 0 aliphatic heterocycles. The van der Waals surface area contributed by atoms with E-state index in [1.54, 1.807) is 30.3 Å². The van der Waals surface area contributed by atoms with Crippen molar-refractivity contribution >= 4 is 38.7 Å². The average Bonchev–Trinajstić information content (AvgIpc) is 3.47. The Morgan fingerprint density at radius 3 is 2.50 bits per heavy atom. The Balaban J connectivity index is 1.78. The van der Waals surface area contributed by atoms with Gasteiger partial charge in [0.15, 0.2) is 5.11 Å². The monoisotopic (exact) mass is 421 g/mol. The minimum atomic E-state index is -3.78. The molecular formula is C19H23N3O4S2. The lowest BCUT2D eigenvalue weighted by atomic mass is 10.3. The largest absolute Gasteiger partial charge is 0.495 e. The second-order valence-electron chi connectivity index (χ2n) is 6.30. The van der Waals surface area contributed by atoms with Crippen molar-refractivity contribution in [1.82, 2.24) is 5.32 Å². The molecule has 0 amide bonds. The smallest absolute Gasteiger partial charge is 0.261 e. The van der Waals surface area contributed by atoms with Gasteiger partial charge in [-0.3, -0.25) is 4.72 Å². The molecule has 3 rings (SSSR count). The van der Waals surface area contributed by atoms with Gasteiger partial charge in [0.2, 0.25) is 0 Å². The van der Waals surface area contributed by atoms with Crippen LogP contribution in [0.2, 0.25) is 0 Å². The standard InChI is InChI=1S/C19H23N3O4S2/c1-3-26-15-8-6-14(7-9-15)22-28(23,24)16-10-11-18(25-2)17(12-16)21-19(27)20-13-4-5-13/h6-13,22H,3-5H2,1-2H3,(H2,20,21,27). The Morgan fingerprint density at radius 1 is 1.18 bits per heavy atom. The molecule has 0 heterocycles. The number of thiocarbonyl (C=S) groups is 1. The summed E-state index contributed by atoms with van der Waals surface area (Å²) >= 11 is 5.28. The fraction of sp³-hybridized carbons (Fsp3) is 0.316. The summed E-state index contributed by atoms with van der Waals surface area (Å²) in [5.74, 6) is 1.18. The van der Waals surface area contributed by atoms with Crippen LogP contribution in [0.1, 0.15) is 19.8 Å². The highest BCUT2D eigenvalue weighted by atomic mass is 32.2. The van der Waals surface area contributed by atoms with Crippen LogP contribution in [-0.4, -0.2) is 33.3 Å². The van der Waals surface area contributed by atoms with Crippen molar-refractivity contribution in [2.75, 3.05) is 23.8 Å². The third-order valence-electron chi connectivity index (χ3n) is 4.06. The number of benzene rings is 2. The van der Waals surface area contributed by atoms with Crippen LogP contribution in [0.15, 0.2) is 47.4 Å². The van der Waals surface area contributed by atoms with Crippen LogP contribution >= 0.6 is 12.2 Å². The van der Waals surface area contributed by atoms with Crippen LogP contribution in [-0.2, 0) is 10.0 Å². The van der Waals surface area contributed by atoms with Crippen molar-refractivity contribution < 1.29 is 17.9 Å².